The lowest BCUT2D eigenvalue weighted by Gasteiger charge is -2.14. The van der Waals surface area contributed by atoms with Gasteiger partial charge in [0.15, 0.2) is 0 Å². The normalized spacial score (nSPS) is 11.9. The zero-order chi connectivity index (χ0) is 13.8. The van der Waals surface area contributed by atoms with Gasteiger partial charge in [-0.1, -0.05) is 53.5 Å². The first kappa shape index (κ1) is 13.9. The molecule has 0 heterocycles. The van der Waals surface area contributed by atoms with Gasteiger partial charge in [-0.2, -0.15) is 5.26 Å². The average molecular weight is 290 g/mol. The van der Waals surface area contributed by atoms with Gasteiger partial charge in [-0.25, -0.2) is 0 Å². The minimum absolute atomic E-state index is 0.237. The molecular weight excluding hydrogens is 277 g/mol. The fourth-order valence-electron chi connectivity index (χ4n) is 2.11. The van der Waals surface area contributed by atoms with Crippen LogP contribution in [-0.4, -0.2) is 0 Å². The van der Waals surface area contributed by atoms with Gasteiger partial charge in [-0.05, 0) is 42.2 Å². The molecule has 2 aromatic rings. The molecule has 2 rings (SSSR count). The monoisotopic (exact) mass is 289 g/mol. The summed E-state index contributed by atoms with van der Waals surface area (Å²) in [6, 6.07) is 15.6. The van der Waals surface area contributed by atoms with E-state index in [4.69, 9.17) is 23.2 Å². The van der Waals surface area contributed by atoms with Crippen molar-refractivity contribution in [3.63, 3.8) is 0 Å². The number of rotatable bonds is 3. The fourth-order valence-corrected chi connectivity index (χ4v) is 2.51. The van der Waals surface area contributed by atoms with E-state index in [-0.39, 0.29) is 5.92 Å². The Morgan fingerprint density at radius 2 is 1.74 bits per heavy atom. The van der Waals surface area contributed by atoms with Gasteiger partial charge < -0.3 is 0 Å². The molecule has 1 unspecified atom stereocenters. The summed E-state index contributed by atoms with van der Waals surface area (Å²) in [5, 5.41) is 10.8. The molecule has 19 heavy (non-hydrogen) atoms. The zero-order valence-electron chi connectivity index (χ0n) is 10.5. The molecule has 0 saturated carbocycles. The highest BCUT2D eigenvalue weighted by Crippen LogP contribution is 2.29. The smallest absolute Gasteiger partial charge is 0.0756 e. The molecule has 96 valence electrons. The summed E-state index contributed by atoms with van der Waals surface area (Å²) in [5.74, 6) is -0.237. The van der Waals surface area contributed by atoms with Crippen LogP contribution in [0.15, 0.2) is 42.5 Å². The Morgan fingerprint density at radius 3 is 2.42 bits per heavy atom. The summed E-state index contributed by atoms with van der Waals surface area (Å²) in [4.78, 5) is 0. The van der Waals surface area contributed by atoms with Crippen LogP contribution in [0, 0.1) is 18.3 Å². The van der Waals surface area contributed by atoms with Crippen LogP contribution in [-0.2, 0) is 6.42 Å². The Kier molecular flexibility index (Phi) is 4.47. The van der Waals surface area contributed by atoms with E-state index in [2.05, 4.69) is 6.07 Å². The molecule has 0 aliphatic rings. The van der Waals surface area contributed by atoms with E-state index < -0.39 is 0 Å². The van der Waals surface area contributed by atoms with E-state index in [1.807, 2.05) is 49.4 Å². The second-order valence-electron chi connectivity index (χ2n) is 4.43. The molecule has 0 aromatic heterocycles. The van der Waals surface area contributed by atoms with Crippen LogP contribution >= 0.6 is 23.2 Å². The van der Waals surface area contributed by atoms with Gasteiger partial charge in [0.25, 0.3) is 0 Å². The minimum atomic E-state index is -0.237. The third-order valence-electron chi connectivity index (χ3n) is 3.22. The van der Waals surface area contributed by atoms with Crippen LogP contribution in [0.1, 0.15) is 22.6 Å². The van der Waals surface area contributed by atoms with Crippen molar-refractivity contribution >= 4 is 23.2 Å². The van der Waals surface area contributed by atoms with Crippen molar-refractivity contribution < 1.29 is 0 Å². The van der Waals surface area contributed by atoms with Gasteiger partial charge in [-0.15, -0.1) is 0 Å². The van der Waals surface area contributed by atoms with Crippen molar-refractivity contribution in [3.8, 4) is 6.07 Å². The summed E-state index contributed by atoms with van der Waals surface area (Å²) >= 11 is 12.3. The molecule has 0 aliphatic carbocycles. The quantitative estimate of drug-likeness (QED) is 0.766. The summed E-state index contributed by atoms with van der Waals surface area (Å²) < 4.78 is 0. The summed E-state index contributed by atoms with van der Waals surface area (Å²) in [6.45, 7) is 1.94. The highest BCUT2D eigenvalue weighted by molar-refractivity contribution is 6.31. The Bertz CT molecular complexity index is 629. The van der Waals surface area contributed by atoms with Gasteiger partial charge in [0.1, 0.15) is 0 Å². The van der Waals surface area contributed by atoms with Crippen molar-refractivity contribution in [2.24, 2.45) is 0 Å². The van der Waals surface area contributed by atoms with E-state index in [0.717, 1.165) is 16.7 Å². The van der Waals surface area contributed by atoms with Gasteiger partial charge >= 0.3 is 0 Å². The van der Waals surface area contributed by atoms with E-state index in [1.165, 1.54) is 0 Å². The maximum absolute atomic E-state index is 9.41. The molecule has 0 amide bonds. The lowest BCUT2D eigenvalue weighted by atomic mass is 9.90. The average Bonchev–Trinajstić information content (AvgIpc) is 2.41. The number of hydrogen-bond acceptors (Lipinski definition) is 1. The number of hydrogen-bond donors (Lipinski definition) is 0. The Morgan fingerprint density at radius 1 is 1.05 bits per heavy atom. The highest BCUT2D eigenvalue weighted by atomic mass is 35.5. The molecule has 1 nitrogen and oxygen atoms in total. The largest absolute Gasteiger partial charge is 0.198 e. The molecule has 0 fully saturated rings. The maximum Gasteiger partial charge on any atom is 0.0756 e. The van der Waals surface area contributed by atoms with Crippen LogP contribution in [0.2, 0.25) is 10.0 Å². The predicted octanol–water partition coefficient (Wildman–Crippen LogP) is 5.15. The summed E-state index contributed by atoms with van der Waals surface area (Å²) in [7, 11) is 0. The van der Waals surface area contributed by atoms with Gasteiger partial charge in [0.2, 0.25) is 0 Å². The molecule has 0 aliphatic heterocycles. The van der Waals surface area contributed by atoms with Crippen molar-refractivity contribution in [3.05, 3.63) is 69.2 Å². The lowest BCUT2D eigenvalue weighted by molar-refractivity contribution is 0.841. The Labute approximate surface area is 123 Å². The third kappa shape index (κ3) is 3.10. The maximum atomic E-state index is 9.41. The first-order valence-corrected chi connectivity index (χ1v) is 6.77. The SMILES string of the molecule is Cc1c(Cl)cccc1C(C#N)Cc1ccccc1Cl. The second-order valence-corrected chi connectivity index (χ2v) is 5.25. The predicted molar refractivity (Wildman–Crippen MR) is 79.7 cm³/mol. The number of nitrogens with zero attached hydrogens (tertiary/aromatic N) is 1. The molecule has 0 N–H and O–H groups in total. The van der Waals surface area contributed by atoms with Gasteiger partial charge in [0.05, 0.1) is 12.0 Å². The third-order valence-corrected chi connectivity index (χ3v) is 4.00. The Hall–Kier alpha value is -1.49. The second kappa shape index (κ2) is 6.10. The van der Waals surface area contributed by atoms with Gasteiger partial charge in [0, 0.05) is 10.0 Å². The van der Waals surface area contributed by atoms with Crippen molar-refractivity contribution in [2.75, 3.05) is 0 Å². The molecule has 2 aromatic carbocycles. The number of nitriles is 1. The summed E-state index contributed by atoms with van der Waals surface area (Å²) in [6.07, 6.45) is 0.595. The first-order valence-electron chi connectivity index (χ1n) is 6.01. The fraction of sp³-hybridized carbons (Fsp3) is 0.188. The molecule has 0 radical (unpaired) electrons. The highest BCUT2D eigenvalue weighted by Gasteiger charge is 2.16. The van der Waals surface area contributed by atoms with E-state index in [9.17, 15) is 5.26 Å². The molecule has 0 bridgehead atoms. The summed E-state index contributed by atoms with van der Waals surface area (Å²) in [5.41, 5.74) is 2.91. The van der Waals surface area contributed by atoms with Crippen LogP contribution in [0.25, 0.3) is 0 Å². The zero-order valence-corrected chi connectivity index (χ0v) is 12.0. The van der Waals surface area contributed by atoms with Crippen molar-refractivity contribution in [1.29, 1.82) is 5.26 Å². The minimum Gasteiger partial charge on any atom is -0.198 e. The van der Waals surface area contributed by atoms with Crippen molar-refractivity contribution in [2.45, 2.75) is 19.3 Å². The van der Waals surface area contributed by atoms with Gasteiger partial charge in [-0.3, -0.25) is 0 Å². The van der Waals surface area contributed by atoms with E-state index in [1.54, 1.807) is 0 Å². The van der Waals surface area contributed by atoms with Crippen LogP contribution in [0.4, 0.5) is 0 Å². The standard InChI is InChI=1S/C16H13Cl2N/c1-11-14(6-4-8-15(11)17)13(10-19)9-12-5-2-3-7-16(12)18/h2-8,13H,9H2,1H3. The topological polar surface area (TPSA) is 23.8 Å². The first-order chi connectivity index (χ1) is 9.13. The van der Waals surface area contributed by atoms with Crippen LogP contribution in [0.3, 0.4) is 0 Å². The molecule has 0 spiro atoms. The van der Waals surface area contributed by atoms with E-state index >= 15 is 0 Å². The number of halogens is 2. The van der Waals surface area contributed by atoms with Crippen LogP contribution in [0.5, 0.6) is 0 Å². The lowest BCUT2D eigenvalue weighted by Crippen LogP contribution is -2.03. The molecule has 0 saturated heterocycles. The van der Waals surface area contributed by atoms with Crippen LogP contribution < -0.4 is 0 Å². The van der Waals surface area contributed by atoms with Crippen molar-refractivity contribution in [1.82, 2.24) is 0 Å². The number of benzene rings is 2. The molecule has 3 heteroatoms. The molecule has 1 atom stereocenters. The molecular formula is C16H13Cl2N. The Balaban J connectivity index is 2.34. The van der Waals surface area contributed by atoms with E-state index in [0.29, 0.717) is 16.5 Å².